The molecule has 2 rings (SSSR count). The van der Waals surface area contributed by atoms with Gasteiger partial charge in [-0.05, 0) is 45.0 Å². The lowest BCUT2D eigenvalue weighted by atomic mass is 10.1. The van der Waals surface area contributed by atoms with Crippen LogP contribution >= 0.6 is 0 Å². The summed E-state index contributed by atoms with van der Waals surface area (Å²) in [4.78, 5) is 26.4. The van der Waals surface area contributed by atoms with E-state index in [0.717, 1.165) is 29.8 Å². The largest absolute Gasteiger partial charge is 0.355 e. The Balaban J connectivity index is 1.88. The predicted octanol–water partition coefficient (Wildman–Crippen LogP) is 1.81. The predicted molar refractivity (Wildman–Crippen MR) is 92.3 cm³/mol. The van der Waals surface area contributed by atoms with E-state index in [2.05, 4.69) is 17.6 Å². The Morgan fingerprint density at radius 1 is 1.22 bits per heavy atom. The first-order valence-corrected chi connectivity index (χ1v) is 8.25. The Labute approximate surface area is 138 Å². The molecule has 1 aliphatic rings. The quantitative estimate of drug-likeness (QED) is 0.806. The summed E-state index contributed by atoms with van der Waals surface area (Å²) in [5.74, 6) is -0.417. The van der Waals surface area contributed by atoms with E-state index in [1.54, 1.807) is 0 Å². The number of hydrogen-bond acceptors (Lipinski definition) is 3. The Bertz CT molecular complexity index is 584. The van der Waals surface area contributed by atoms with Crippen molar-refractivity contribution < 1.29 is 9.59 Å². The molecule has 1 aromatic rings. The van der Waals surface area contributed by atoms with E-state index in [1.807, 2.05) is 44.1 Å². The van der Waals surface area contributed by atoms with Gasteiger partial charge in [-0.3, -0.25) is 9.59 Å². The molecule has 126 valence electrons. The van der Waals surface area contributed by atoms with Gasteiger partial charge in [-0.25, -0.2) is 0 Å². The molecule has 5 heteroatoms. The van der Waals surface area contributed by atoms with Crippen LogP contribution in [0.4, 0.5) is 5.69 Å². The lowest BCUT2D eigenvalue weighted by Gasteiger charge is -2.13. The summed E-state index contributed by atoms with van der Waals surface area (Å²) in [7, 11) is 3.93. The minimum absolute atomic E-state index is 0.00695. The van der Waals surface area contributed by atoms with Crippen molar-refractivity contribution in [3.63, 3.8) is 0 Å². The third kappa shape index (κ3) is 4.55. The molecule has 2 N–H and O–H groups in total. The molecule has 23 heavy (non-hydrogen) atoms. The maximum Gasteiger partial charge on any atom is 0.228 e. The number of hydrogen-bond donors (Lipinski definition) is 2. The smallest absolute Gasteiger partial charge is 0.228 e. The van der Waals surface area contributed by atoms with Crippen LogP contribution in [-0.2, 0) is 16.0 Å². The van der Waals surface area contributed by atoms with Gasteiger partial charge in [-0.2, -0.15) is 0 Å². The van der Waals surface area contributed by atoms with Gasteiger partial charge in [-0.15, -0.1) is 0 Å². The molecule has 0 aliphatic heterocycles. The highest BCUT2D eigenvalue weighted by Gasteiger charge is 2.48. The van der Waals surface area contributed by atoms with E-state index in [1.165, 1.54) is 0 Å². The normalized spacial score (nSPS) is 19.5. The molecule has 2 amide bonds. The standard InChI is InChI=1S/C18H27N3O2/c1-5-13-8-6-7-12(2)16(13)20-18(23)15-11-14(15)17(22)19-9-10-21(3)4/h6-8,14-15H,5,9-11H2,1-4H3,(H,19,22)(H,20,23). The number of anilines is 1. The first-order chi connectivity index (χ1) is 10.9. The number of nitrogens with zero attached hydrogens (tertiary/aromatic N) is 1. The maximum atomic E-state index is 12.4. The fourth-order valence-electron chi connectivity index (χ4n) is 2.73. The first kappa shape index (κ1) is 17.5. The second kappa shape index (κ2) is 7.59. The van der Waals surface area contributed by atoms with Gasteiger partial charge in [0.15, 0.2) is 0 Å². The number of benzene rings is 1. The van der Waals surface area contributed by atoms with E-state index in [4.69, 9.17) is 0 Å². The lowest BCUT2D eigenvalue weighted by molar-refractivity contribution is -0.125. The monoisotopic (exact) mass is 317 g/mol. The Kier molecular flexibility index (Phi) is 5.77. The minimum Gasteiger partial charge on any atom is -0.355 e. The molecule has 1 fully saturated rings. The van der Waals surface area contributed by atoms with Crippen LogP contribution in [0.25, 0.3) is 0 Å². The first-order valence-electron chi connectivity index (χ1n) is 8.25. The highest BCUT2D eigenvalue weighted by Crippen LogP contribution is 2.40. The summed E-state index contributed by atoms with van der Waals surface area (Å²) in [6.07, 6.45) is 1.52. The van der Waals surface area contributed by atoms with E-state index in [9.17, 15) is 9.59 Å². The number of aryl methyl sites for hydroxylation is 2. The zero-order valence-corrected chi connectivity index (χ0v) is 14.5. The maximum absolute atomic E-state index is 12.4. The van der Waals surface area contributed by atoms with Gasteiger partial charge in [0.25, 0.3) is 0 Å². The van der Waals surface area contributed by atoms with Gasteiger partial charge in [0.05, 0.1) is 11.8 Å². The van der Waals surface area contributed by atoms with Gasteiger partial charge in [-0.1, -0.05) is 25.1 Å². The summed E-state index contributed by atoms with van der Waals surface area (Å²) < 4.78 is 0. The van der Waals surface area contributed by atoms with Gasteiger partial charge in [0.2, 0.25) is 11.8 Å². The lowest BCUT2D eigenvalue weighted by Crippen LogP contribution is -2.33. The van der Waals surface area contributed by atoms with Crippen LogP contribution < -0.4 is 10.6 Å². The summed E-state index contributed by atoms with van der Waals surface area (Å²) in [5.41, 5.74) is 3.09. The van der Waals surface area contributed by atoms with Crippen molar-refractivity contribution in [1.82, 2.24) is 10.2 Å². The van der Waals surface area contributed by atoms with Crippen LogP contribution in [0.2, 0.25) is 0 Å². The summed E-state index contributed by atoms with van der Waals surface area (Å²) >= 11 is 0. The summed E-state index contributed by atoms with van der Waals surface area (Å²) in [5, 5.41) is 5.92. The molecule has 0 radical (unpaired) electrons. The van der Waals surface area contributed by atoms with Gasteiger partial charge >= 0.3 is 0 Å². The van der Waals surface area contributed by atoms with Crippen LogP contribution in [0.15, 0.2) is 18.2 Å². The van der Waals surface area contributed by atoms with E-state index >= 15 is 0 Å². The van der Waals surface area contributed by atoms with Crippen molar-refractivity contribution in [2.24, 2.45) is 11.8 Å². The van der Waals surface area contributed by atoms with Crippen molar-refractivity contribution in [3.8, 4) is 0 Å². The fourth-order valence-corrected chi connectivity index (χ4v) is 2.73. The summed E-state index contributed by atoms with van der Waals surface area (Å²) in [6.45, 7) is 5.49. The molecule has 2 atom stereocenters. The fraction of sp³-hybridized carbons (Fsp3) is 0.556. The number of nitrogens with one attached hydrogen (secondary N) is 2. The van der Waals surface area contributed by atoms with Crippen molar-refractivity contribution in [2.75, 3.05) is 32.5 Å². The number of para-hydroxylation sites is 1. The van der Waals surface area contributed by atoms with Gasteiger partial charge in [0.1, 0.15) is 0 Å². The molecule has 2 unspecified atom stereocenters. The Morgan fingerprint density at radius 2 is 1.91 bits per heavy atom. The van der Waals surface area contributed by atoms with Gasteiger partial charge in [0, 0.05) is 18.8 Å². The number of likely N-dealkylation sites (N-methyl/N-ethyl adjacent to an activating group) is 1. The third-order valence-corrected chi connectivity index (χ3v) is 4.31. The third-order valence-electron chi connectivity index (χ3n) is 4.31. The number of carbonyl (C=O) groups excluding carboxylic acids is 2. The molecule has 0 aromatic heterocycles. The van der Waals surface area contributed by atoms with Crippen LogP contribution in [0.5, 0.6) is 0 Å². The van der Waals surface area contributed by atoms with Crippen molar-refractivity contribution in [3.05, 3.63) is 29.3 Å². The Hall–Kier alpha value is -1.88. The van der Waals surface area contributed by atoms with Crippen LogP contribution in [0.3, 0.4) is 0 Å². The van der Waals surface area contributed by atoms with Gasteiger partial charge < -0.3 is 15.5 Å². The molecule has 0 heterocycles. The molecule has 1 saturated carbocycles. The molecule has 0 saturated heterocycles. The van der Waals surface area contributed by atoms with E-state index in [-0.39, 0.29) is 23.7 Å². The SMILES string of the molecule is CCc1cccc(C)c1NC(=O)C1CC1C(=O)NCCN(C)C. The second-order valence-corrected chi connectivity index (χ2v) is 6.49. The second-order valence-electron chi connectivity index (χ2n) is 6.49. The number of carbonyl (C=O) groups is 2. The molecular weight excluding hydrogens is 290 g/mol. The van der Waals surface area contributed by atoms with Crippen LogP contribution in [0.1, 0.15) is 24.5 Å². The molecule has 0 spiro atoms. The zero-order chi connectivity index (χ0) is 17.0. The molecule has 1 aromatic carbocycles. The molecule has 1 aliphatic carbocycles. The van der Waals surface area contributed by atoms with E-state index < -0.39 is 0 Å². The topological polar surface area (TPSA) is 61.4 Å². The van der Waals surface area contributed by atoms with Crippen molar-refractivity contribution in [1.29, 1.82) is 0 Å². The molecular formula is C18H27N3O2. The molecule has 5 nitrogen and oxygen atoms in total. The van der Waals surface area contributed by atoms with E-state index in [0.29, 0.717) is 13.0 Å². The van der Waals surface area contributed by atoms with Crippen LogP contribution in [-0.4, -0.2) is 43.9 Å². The number of rotatable bonds is 7. The average Bonchev–Trinajstić information content (AvgIpc) is 3.29. The molecule has 0 bridgehead atoms. The Morgan fingerprint density at radius 3 is 2.57 bits per heavy atom. The zero-order valence-electron chi connectivity index (χ0n) is 14.5. The highest BCUT2D eigenvalue weighted by atomic mass is 16.2. The van der Waals surface area contributed by atoms with Crippen molar-refractivity contribution in [2.45, 2.75) is 26.7 Å². The minimum atomic E-state index is -0.196. The van der Waals surface area contributed by atoms with Crippen molar-refractivity contribution >= 4 is 17.5 Å². The van der Waals surface area contributed by atoms with Crippen LogP contribution in [0, 0.1) is 18.8 Å². The highest BCUT2D eigenvalue weighted by molar-refractivity contribution is 6.00. The number of amides is 2. The average molecular weight is 317 g/mol. The summed E-state index contributed by atoms with van der Waals surface area (Å²) in [6, 6.07) is 6.02.